The zero-order valence-corrected chi connectivity index (χ0v) is 19.7. The van der Waals surface area contributed by atoms with Gasteiger partial charge in [-0.1, -0.05) is 67.2 Å². The van der Waals surface area contributed by atoms with Gasteiger partial charge < -0.3 is 9.64 Å². The Kier molecular flexibility index (Phi) is 7.24. The molecule has 3 heteroatoms. The molecule has 0 N–H and O–H groups in total. The average molecular weight is 448 g/mol. The molecule has 0 heterocycles. The molecule has 0 unspecified atom stereocenters. The van der Waals surface area contributed by atoms with E-state index in [1.807, 2.05) is 6.07 Å². The van der Waals surface area contributed by atoms with Gasteiger partial charge in [-0.05, 0) is 78.1 Å². The van der Waals surface area contributed by atoms with E-state index in [1.165, 1.54) is 28.3 Å². The molecule has 3 nitrogen and oxygen atoms in total. The fraction of sp³-hybridized carbons (Fsp3) is 0.129. The third-order valence-electron chi connectivity index (χ3n) is 5.98. The number of rotatable bonds is 8. The van der Waals surface area contributed by atoms with Crippen molar-refractivity contribution in [3.05, 3.63) is 126 Å². The Morgan fingerprint density at radius 2 is 1.35 bits per heavy atom. The predicted octanol–water partition coefficient (Wildman–Crippen LogP) is 7.71. The fourth-order valence-corrected chi connectivity index (χ4v) is 3.89. The summed E-state index contributed by atoms with van der Waals surface area (Å²) in [5, 5.41) is 0. The van der Waals surface area contributed by atoms with Crippen molar-refractivity contribution in [3.63, 3.8) is 0 Å². The van der Waals surface area contributed by atoms with Crippen molar-refractivity contribution in [2.75, 3.05) is 11.5 Å². The Labute approximate surface area is 202 Å². The minimum Gasteiger partial charge on any atom is -0.462 e. The summed E-state index contributed by atoms with van der Waals surface area (Å²) in [6, 6.07) is 34.0. The Bertz CT molecular complexity index is 1260. The topological polar surface area (TPSA) is 29.5 Å². The molecule has 0 saturated carbocycles. The van der Waals surface area contributed by atoms with Crippen molar-refractivity contribution in [2.24, 2.45) is 0 Å². The molecule has 4 rings (SSSR count). The number of hydrogen-bond donors (Lipinski definition) is 0. The van der Waals surface area contributed by atoms with Crippen LogP contribution in [0, 0.1) is 13.8 Å². The van der Waals surface area contributed by atoms with Gasteiger partial charge in [0.25, 0.3) is 0 Å². The maximum Gasteiger partial charge on any atom is 0.330 e. The van der Waals surface area contributed by atoms with Crippen LogP contribution in [0.15, 0.2) is 110 Å². The number of anilines is 3. The molecule has 0 fully saturated rings. The van der Waals surface area contributed by atoms with E-state index in [4.69, 9.17) is 4.74 Å². The fourth-order valence-electron chi connectivity index (χ4n) is 3.89. The molecule has 0 spiro atoms. The molecule has 0 atom stereocenters. The van der Waals surface area contributed by atoms with E-state index in [2.05, 4.69) is 116 Å². The summed E-state index contributed by atoms with van der Waals surface area (Å²) >= 11 is 0. The van der Waals surface area contributed by atoms with E-state index in [1.54, 1.807) is 0 Å². The number of aryl methyl sites for hydroxylation is 2. The van der Waals surface area contributed by atoms with Gasteiger partial charge in [-0.25, -0.2) is 4.79 Å². The summed E-state index contributed by atoms with van der Waals surface area (Å²) in [7, 11) is 0. The molecule has 0 amide bonds. The molecule has 4 aromatic rings. The SMILES string of the molecule is C=CC(=O)OCCc1ccc(N(c2ccc(-c3ccccc3)cc2)c2ccc(C)c(C)c2)cc1. The zero-order valence-electron chi connectivity index (χ0n) is 19.7. The maximum absolute atomic E-state index is 11.3. The average Bonchev–Trinajstić information content (AvgIpc) is 2.88. The van der Waals surface area contributed by atoms with Crippen LogP contribution in [0.2, 0.25) is 0 Å². The smallest absolute Gasteiger partial charge is 0.330 e. The Morgan fingerprint density at radius 3 is 1.97 bits per heavy atom. The van der Waals surface area contributed by atoms with Crippen molar-refractivity contribution < 1.29 is 9.53 Å². The molecule has 0 radical (unpaired) electrons. The second-order valence-electron chi connectivity index (χ2n) is 8.30. The molecule has 170 valence electrons. The monoisotopic (exact) mass is 447 g/mol. The summed E-state index contributed by atoms with van der Waals surface area (Å²) < 4.78 is 5.12. The van der Waals surface area contributed by atoms with Gasteiger partial charge >= 0.3 is 5.97 Å². The number of carbonyl (C=O) groups is 1. The standard InChI is InChI=1S/C31H29NO2/c1-4-31(33)34-21-20-25-11-16-28(17-12-25)32(30-15-10-23(2)24(3)22-30)29-18-13-27(14-19-29)26-8-6-5-7-9-26/h4-19,22H,1,20-21H2,2-3H3. The normalized spacial score (nSPS) is 10.5. The number of carbonyl (C=O) groups excluding carboxylic acids is 1. The van der Waals surface area contributed by atoms with E-state index in [-0.39, 0.29) is 0 Å². The van der Waals surface area contributed by atoms with E-state index in [0.29, 0.717) is 13.0 Å². The molecule has 0 aliphatic heterocycles. The molecule has 34 heavy (non-hydrogen) atoms. The first-order chi connectivity index (χ1) is 16.5. The highest BCUT2D eigenvalue weighted by Crippen LogP contribution is 2.36. The molecular formula is C31H29NO2. The largest absolute Gasteiger partial charge is 0.462 e. The summed E-state index contributed by atoms with van der Waals surface area (Å²) in [5.41, 5.74) is 9.31. The van der Waals surface area contributed by atoms with Gasteiger partial charge in [0, 0.05) is 29.6 Å². The quantitative estimate of drug-likeness (QED) is 0.205. The van der Waals surface area contributed by atoms with E-state index in [9.17, 15) is 4.79 Å². The van der Waals surface area contributed by atoms with Crippen LogP contribution in [0.3, 0.4) is 0 Å². The zero-order chi connectivity index (χ0) is 23.9. The van der Waals surface area contributed by atoms with Gasteiger partial charge in [0.15, 0.2) is 0 Å². The summed E-state index contributed by atoms with van der Waals surface area (Å²) in [4.78, 5) is 13.5. The minimum atomic E-state index is -0.392. The van der Waals surface area contributed by atoms with Crippen LogP contribution in [-0.2, 0) is 16.0 Å². The van der Waals surface area contributed by atoms with Crippen LogP contribution in [0.1, 0.15) is 16.7 Å². The number of benzene rings is 4. The van der Waals surface area contributed by atoms with E-state index < -0.39 is 5.97 Å². The highest BCUT2D eigenvalue weighted by atomic mass is 16.5. The van der Waals surface area contributed by atoms with Crippen molar-refractivity contribution in [2.45, 2.75) is 20.3 Å². The van der Waals surface area contributed by atoms with Crippen molar-refractivity contribution >= 4 is 23.0 Å². The molecule has 0 aliphatic rings. The molecule has 4 aromatic carbocycles. The Morgan fingerprint density at radius 1 is 0.765 bits per heavy atom. The first-order valence-electron chi connectivity index (χ1n) is 11.5. The van der Waals surface area contributed by atoms with Crippen molar-refractivity contribution in [1.29, 1.82) is 0 Å². The van der Waals surface area contributed by atoms with Gasteiger partial charge in [-0.3, -0.25) is 0 Å². The highest BCUT2D eigenvalue weighted by molar-refractivity contribution is 5.81. The van der Waals surface area contributed by atoms with Gasteiger partial charge in [0.05, 0.1) is 6.61 Å². The van der Waals surface area contributed by atoms with E-state index in [0.717, 1.165) is 22.6 Å². The minimum absolute atomic E-state index is 0.339. The Hall–Kier alpha value is -4.11. The van der Waals surface area contributed by atoms with Crippen LogP contribution in [0.4, 0.5) is 17.1 Å². The lowest BCUT2D eigenvalue weighted by atomic mass is 10.0. The van der Waals surface area contributed by atoms with Crippen molar-refractivity contribution in [3.8, 4) is 11.1 Å². The lowest BCUT2D eigenvalue weighted by Crippen LogP contribution is -2.10. The van der Waals surface area contributed by atoms with Gasteiger partial charge in [-0.2, -0.15) is 0 Å². The summed E-state index contributed by atoms with van der Waals surface area (Å²) in [6.07, 6.45) is 1.85. The predicted molar refractivity (Wildman–Crippen MR) is 141 cm³/mol. The molecule has 0 aromatic heterocycles. The lowest BCUT2D eigenvalue weighted by Gasteiger charge is -2.26. The van der Waals surface area contributed by atoms with Gasteiger partial charge in [0.1, 0.15) is 0 Å². The molecule has 0 bridgehead atoms. The van der Waals surface area contributed by atoms with Crippen LogP contribution in [0.25, 0.3) is 11.1 Å². The molecular weight excluding hydrogens is 418 g/mol. The second kappa shape index (κ2) is 10.7. The maximum atomic E-state index is 11.3. The third-order valence-corrected chi connectivity index (χ3v) is 5.98. The van der Waals surface area contributed by atoms with Gasteiger partial charge in [-0.15, -0.1) is 0 Å². The first-order valence-corrected chi connectivity index (χ1v) is 11.5. The first kappa shape index (κ1) is 23.1. The molecule has 0 saturated heterocycles. The van der Waals surface area contributed by atoms with Gasteiger partial charge in [0.2, 0.25) is 0 Å². The number of hydrogen-bond acceptors (Lipinski definition) is 3. The highest BCUT2D eigenvalue weighted by Gasteiger charge is 2.14. The Balaban J connectivity index is 1.64. The molecule has 0 aliphatic carbocycles. The number of esters is 1. The number of ether oxygens (including phenoxy) is 1. The summed E-state index contributed by atoms with van der Waals surface area (Å²) in [5.74, 6) is -0.392. The van der Waals surface area contributed by atoms with Crippen LogP contribution < -0.4 is 4.90 Å². The van der Waals surface area contributed by atoms with Crippen LogP contribution in [0.5, 0.6) is 0 Å². The van der Waals surface area contributed by atoms with Crippen molar-refractivity contribution in [1.82, 2.24) is 0 Å². The lowest BCUT2D eigenvalue weighted by molar-refractivity contribution is -0.137. The van der Waals surface area contributed by atoms with Crippen LogP contribution in [-0.4, -0.2) is 12.6 Å². The third kappa shape index (κ3) is 5.44. The van der Waals surface area contributed by atoms with Crippen LogP contribution >= 0.6 is 0 Å². The number of nitrogens with zero attached hydrogens (tertiary/aromatic N) is 1. The second-order valence-corrected chi connectivity index (χ2v) is 8.30. The van der Waals surface area contributed by atoms with E-state index >= 15 is 0 Å². The summed E-state index contributed by atoms with van der Waals surface area (Å²) in [6.45, 7) is 8.04.